The van der Waals surface area contributed by atoms with Crippen molar-refractivity contribution in [3.05, 3.63) is 59.0 Å². The number of aryl methyl sites for hydroxylation is 2. The predicted octanol–water partition coefficient (Wildman–Crippen LogP) is 4.72. The first-order chi connectivity index (χ1) is 12.8. The van der Waals surface area contributed by atoms with Crippen LogP contribution >= 0.6 is 0 Å². The average molecular weight is 378 g/mol. The Morgan fingerprint density at radius 1 is 1.15 bits per heavy atom. The maximum atomic E-state index is 12.7. The SMILES string of the molecule is Cc1nc(NC2c3ccccc3CCC2O)oc1-c1ccc(C(F)(F)F)o1. The number of aliphatic hydroxyl groups is 1. The van der Waals surface area contributed by atoms with Gasteiger partial charge in [0.1, 0.15) is 0 Å². The molecule has 0 radical (unpaired) electrons. The van der Waals surface area contributed by atoms with Gasteiger partial charge in [-0.15, -0.1) is 0 Å². The highest BCUT2D eigenvalue weighted by Gasteiger charge is 2.35. The van der Waals surface area contributed by atoms with Crippen LogP contribution in [0.2, 0.25) is 0 Å². The second-order valence-corrected chi connectivity index (χ2v) is 6.52. The molecule has 3 aromatic rings. The van der Waals surface area contributed by atoms with Crippen LogP contribution in [0.5, 0.6) is 0 Å². The number of furan rings is 1. The Hall–Kier alpha value is -2.74. The normalized spacial score (nSPS) is 19.7. The van der Waals surface area contributed by atoms with E-state index in [2.05, 4.69) is 10.3 Å². The molecule has 1 aliphatic carbocycles. The molecule has 142 valence electrons. The summed E-state index contributed by atoms with van der Waals surface area (Å²) in [5.74, 6) is -1.03. The van der Waals surface area contributed by atoms with Crippen LogP contribution in [-0.2, 0) is 12.6 Å². The Labute approximate surface area is 152 Å². The number of nitrogens with one attached hydrogen (secondary N) is 1. The smallest absolute Gasteiger partial charge is 0.448 e. The highest BCUT2D eigenvalue weighted by atomic mass is 19.4. The summed E-state index contributed by atoms with van der Waals surface area (Å²) in [5.41, 5.74) is 2.47. The van der Waals surface area contributed by atoms with E-state index in [1.165, 1.54) is 6.07 Å². The molecule has 0 saturated carbocycles. The zero-order chi connectivity index (χ0) is 19.2. The second kappa shape index (κ2) is 6.45. The molecule has 4 rings (SSSR count). The van der Waals surface area contributed by atoms with Crippen molar-refractivity contribution in [1.29, 1.82) is 0 Å². The fourth-order valence-corrected chi connectivity index (χ4v) is 3.35. The number of hydrogen-bond donors (Lipinski definition) is 2. The van der Waals surface area contributed by atoms with Gasteiger partial charge in [-0.3, -0.25) is 0 Å². The van der Waals surface area contributed by atoms with Gasteiger partial charge < -0.3 is 19.3 Å². The van der Waals surface area contributed by atoms with E-state index in [-0.39, 0.29) is 17.5 Å². The second-order valence-electron chi connectivity index (χ2n) is 6.52. The zero-order valence-electron chi connectivity index (χ0n) is 14.4. The van der Waals surface area contributed by atoms with E-state index in [4.69, 9.17) is 8.83 Å². The van der Waals surface area contributed by atoms with Crippen molar-refractivity contribution in [2.75, 3.05) is 5.32 Å². The molecule has 0 spiro atoms. The predicted molar refractivity (Wildman–Crippen MR) is 91.1 cm³/mol. The highest BCUT2D eigenvalue weighted by molar-refractivity contribution is 5.55. The number of alkyl halides is 3. The van der Waals surface area contributed by atoms with Gasteiger partial charge >= 0.3 is 6.18 Å². The lowest BCUT2D eigenvalue weighted by molar-refractivity contribution is -0.152. The maximum absolute atomic E-state index is 12.7. The molecule has 2 unspecified atom stereocenters. The van der Waals surface area contributed by atoms with Crippen LogP contribution in [0.3, 0.4) is 0 Å². The molecule has 2 heterocycles. The summed E-state index contributed by atoms with van der Waals surface area (Å²) in [7, 11) is 0. The number of aliphatic hydroxyl groups excluding tert-OH is 1. The number of aromatic nitrogens is 1. The number of oxazole rings is 1. The molecule has 1 aromatic carbocycles. The first-order valence-corrected chi connectivity index (χ1v) is 8.50. The van der Waals surface area contributed by atoms with Gasteiger partial charge in [0, 0.05) is 0 Å². The minimum atomic E-state index is -4.57. The number of fused-ring (bicyclic) bond motifs is 1. The monoisotopic (exact) mass is 378 g/mol. The molecule has 1 aliphatic rings. The van der Waals surface area contributed by atoms with Crippen molar-refractivity contribution in [2.24, 2.45) is 0 Å². The molecule has 0 fully saturated rings. The molecule has 0 saturated heterocycles. The van der Waals surface area contributed by atoms with Gasteiger partial charge in [0.25, 0.3) is 6.01 Å². The highest BCUT2D eigenvalue weighted by Crippen LogP contribution is 2.37. The topological polar surface area (TPSA) is 71.4 Å². The molecule has 5 nitrogen and oxygen atoms in total. The lowest BCUT2D eigenvalue weighted by Crippen LogP contribution is -2.30. The summed E-state index contributed by atoms with van der Waals surface area (Å²) in [6, 6.07) is 9.51. The summed E-state index contributed by atoms with van der Waals surface area (Å²) in [6.07, 6.45) is -3.83. The molecule has 0 amide bonds. The van der Waals surface area contributed by atoms with Crippen LogP contribution < -0.4 is 5.32 Å². The summed E-state index contributed by atoms with van der Waals surface area (Å²) in [4.78, 5) is 4.23. The zero-order valence-corrected chi connectivity index (χ0v) is 14.4. The Morgan fingerprint density at radius 3 is 2.67 bits per heavy atom. The van der Waals surface area contributed by atoms with Crippen LogP contribution in [0.25, 0.3) is 11.5 Å². The van der Waals surface area contributed by atoms with Gasteiger partial charge in [0.05, 0.1) is 17.8 Å². The third-order valence-electron chi connectivity index (χ3n) is 4.67. The minimum absolute atomic E-state index is 0.0510. The largest absolute Gasteiger partial charge is 0.449 e. The van der Waals surface area contributed by atoms with Crippen LogP contribution in [0, 0.1) is 6.92 Å². The van der Waals surface area contributed by atoms with Crippen molar-refractivity contribution >= 4 is 6.01 Å². The molecular formula is C19H17F3N2O3. The van der Waals surface area contributed by atoms with Gasteiger partial charge in [-0.25, -0.2) is 0 Å². The molecule has 8 heteroatoms. The summed E-state index contributed by atoms with van der Waals surface area (Å²) >= 11 is 0. The summed E-state index contributed by atoms with van der Waals surface area (Å²) in [6.45, 7) is 1.62. The number of benzene rings is 1. The summed E-state index contributed by atoms with van der Waals surface area (Å²) < 4.78 is 48.7. The van der Waals surface area contributed by atoms with Crippen LogP contribution in [0.4, 0.5) is 19.2 Å². The van der Waals surface area contributed by atoms with Gasteiger partial charge in [0.15, 0.2) is 11.5 Å². The van der Waals surface area contributed by atoms with Crippen molar-refractivity contribution in [1.82, 2.24) is 4.98 Å². The summed E-state index contributed by atoms with van der Waals surface area (Å²) in [5, 5.41) is 13.5. The van der Waals surface area contributed by atoms with Crippen LogP contribution in [0.1, 0.15) is 35.0 Å². The molecule has 2 atom stereocenters. The molecule has 27 heavy (non-hydrogen) atoms. The van der Waals surface area contributed by atoms with Crippen molar-refractivity contribution in [3.8, 4) is 11.5 Å². The van der Waals surface area contributed by atoms with E-state index in [9.17, 15) is 18.3 Å². The maximum Gasteiger partial charge on any atom is 0.449 e. The van der Waals surface area contributed by atoms with Gasteiger partial charge in [-0.1, -0.05) is 24.3 Å². The quantitative estimate of drug-likeness (QED) is 0.690. The van der Waals surface area contributed by atoms with Crippen molar-refractivity contribution < 1.29 is 27.1 Å². The van der Waals surface area contributed by atoms with E-state index in [0.29, 0.717) is 12.1 Å². The van der Waals surface area contributed by atoms with Crippen LogP contribution in [0.15, 0.2) is 45.2 Å². The first kappa shape index (κ1) is 17.7. The molecule has 2 aromatic heterocycles. The Kier molecular flexibility index (Phi) is 4.22. The molecule has 2 N–H and O–H groups in total. The van der Waals surface area contributed by atoms with Gasteiger partial charge in [0.2, 0.25) is 5.76 Å². The molecular weight excluding hydrogens is 361 g/mol. The fraction of sp³-hybridized carbons (Fsp3) is 0.316. The molecule has 0 aliphatic heterocycles. The average Bonchev–Trinajstić information content (AvgIpc) is 3.24. The lowest BCUT2D eigenvalue weighted by Gasteiger charge is -2.30. The Morgan fingerprint density at radius 2 is 1.93 bits per heavy atom. The Bertz CT molecular complexity index is 961. The number of halogens is 3. The van der Waals surface area contributed by atoms with E-state index >= 15 is 0 Å². The van der Waals surface area contributed by atoms with E-state index in [0.717, 1.165) is 23.6 Å². The number of nitrogens with zero attached hydrogens (tertiary/aromatic N) is 1. The molecule has 0 bridgehead atoms. The van der Waals surface area contributed by atoms with Gasteiger partial charge in [-0.05, 0) is 43.0 Å². The van der Waals surface area contributed by atoms with Crippen molar-refractivity contribution in [3.63, 3.8) is 0 Å². The third kappa shape index (κ3) is 3.32. The first-order valence-electron chi connectivity index (χ1n) is 8.50. The number of anilines is 1. The fourth-order valence-electron chi connectivity index (χ4n) is 3.35. The van der Waals surface area contributed by atoms with Gasteiger partial charge in [-0.2, -0.15) is 18.2 Å². The Balaban J connectivity index is 1.62. The third-order valence-corrected chi connectivity index (χ3v) is 4.67. The van der Waals surface area contributed by atoms with Crippen LogP contribution in [-0.4, -0.2) is 16.2 Å². The van der Waals surface area contributed by atoms with E-state index in [1.807, 2.05) is 24.3 Å². The number of hydrogen-bond acceptors (Lipinski definition) is 5. The van der Waals surface area contributed by atoms with E-state index in [1.54, 1.807) is 6.92 Å². The lowest BCUT2D eigenvalue weighted by atomic mass is 9.86. The van der Waals surface area contributed by atoms with E-state index < -0.39 is 24.1 Å². The minimum Gasteiger partial charge on any atom is -0.448 e. The number of rotatable bonds is 3. The standard InChI is InChI=1S/C19H17F3N2O3/c1-10-17(14-8-9-15(26-14)19(20,21)22)27-18(23-10)24-16-12-5-3-2-4-11(12)6-7-13(16)25/h2-5,8-9,13,16,25H,6-7H2,1H3,(H,23,24). The van der Waals surface area contributed by atoms with Crippen molar-refractivity contribution in [2.45, 2.75) is 38.1 Å².